The summed E-state index contributed by atoms with van der Waals surface area (Å²) in [6, 6.07) is 5.14. The third-order valence-electron chi connectivity index (χ3n) is 3.44. The molecule has 21 heavy (non-hydrogen) atoms. The first-order valence-corrected chi connectivity index (χ1v) is 7.78. The van der Waals surface area contributed by atoms with E-state index in [1.165, 1.54) is 0 Å². The van der Waals surface area contributed by atoms with Crippen molar-refractivity contribution in [2.45, 2.75) is 32.6 Å². The second-order valence-corrected chi connectivity index (χ2v) is 5.90. The number of halogens is 1. The lowest BCUT2D eigenvalue weighted by molar-refractivity contribution is -0.137. The Morgan fingerprint density at radius 1 is 1.38 bits per heavy atom. The van der Waals surface area contributed by atoms with Crippen LogP contribution in [0.2, 0.25) is 0 Å². The maximum Gasteiger partial charge on any atom is 0.303 e. The number of carbonyl (C=O) groups is 2. The van der Waals surface area contributed by atoms with E-state index in [0.717, 1.165) is 17.3 Å². The predicted molar refractivity (Wildman–Crippen MR) is 86.2 cm³/mol. The van der Waals surface area contributed by atoms with Crippen LogP contribution < -0.4 is 11.1 Å². The van der Waals surface area contributed by atoms with Gasteiger partial charge in [-0.1, -0.05) is 29.3 Å². The third-order valence-corrected chi connectivity index (χ3v) is 3.93. The lowest BCUT2D eigenvalue weighted by atomic mass is 9.96. The van der Waals surface area contributed by atoms with Gasteiger partial charge in [0.1, 0.15) is 0 Å². The predicted octanol–water partition coefficient (Wildman–Crippen LogP) is 3.04. The van der Waals surface area contributed by atoms with Crippen molar-refractivity contribution in [1.29, 1.82) is 0 Å². The summed E-state index contributed by atoms with van der Waals surface area (Å²) < 4.78 is 0.830. The number of benzene rings is 1. The zero-order chi connectivity index (χ0) is 15.8. The van der Waals surface area contributed by atoms with Gasteiger partial charge in [-0.2, -0.15) is 0 Å². The fourth-order valence-electron chi connectivity index (χ4n) is 2.11. The minimum absolute atomic E-state index is 0.173. The number of rotatable bonds is 8. The first-order chi connectivity index (χ1) is 9.93. The van der Waals surface area contributed by atoms with Crippen molar-refractivity contribution >= 4 is 33.5 Å². The molecule has 0 aliphatic carbocycles. The summed E-state index contributed by atoms with van der Waals surface area (Å²) in [4.78, 5) is 22.6. The van der Waals surface area contributed by atoms with E-state index >= 15 is 0 Å². The molecule has 1 unspecified atom stereocenters. The molecule has 116 valence electrons. The lowest BCUT2D eigenvalue weighted by Crippen LogP contribution is -2.26. The van der Waals surface area contributed by atoms with Gasteiger partial charge in [0.15, 0.2) is 0 Å². The number of carboxylic acid groups (broad SMARTS) is 1. The Morgan fingerprint density at radius 2 is 2.10 bits per heavy atom. The third kappa shape index (κ3) is 6.16. The van der Waals surface area contributed by atoms with Crippen LogP contribution in [0, 0.1) is 5.92 Å². The molecular formula is C15H21BrN2O3. The summed E-state index contributed by atoms with van der Waals surface area (Å²) in [5.74, 6) is -0.670. The number of aliphatic carboxylic acids is 1. The van der Waals surface area contributed by atoms with E-state index in [1.807, 2.05) is 6.92 Å². The molecule has 5 nitrogen and oxygen atoms in total. The molecule has 1 amide bonds. The van der Waals surface area contributed by atoms with Crippen LogP contribution in [0.3, 0.4) is 0 Å². The highest BCUT2D eigenvalue weighted by atomic mass is 79.9. The molecule has 0 fully saturated rings. The average Bonchev–Trinajstić information content (AvgIpc) is 2.42. The van der Waals surface area contributed by atoms with Crippen LogP contribution in [0.5, 0.6) is 0 Å². The molecule has 0 saturated carbocycles. The maximum atomic E-state index is 12.0. The fraction of sp³-hybridized carbons (Fsp3) is 0.467. The molecule has 0 bridgehead atoms. The summed E-state index contributed by atoms with van der Waals surface area (Å²) in [5.41, 5.74) is 6.69. The summed E-state index contributed by atoms with van der Waals surface area (Å²) in [5, 5.41) is 11.5. The fourth-order valence-corrected chi connectivity index (χ4v) is 2.48. The Morgan fingerprint density at radius 3 is 2.67 bits per heavy atom. The number of carboxylic acids is 1. The van der Waals surface area contributed by atoms with Crippen LogP contribution in [0.1, 0.15) is 43.0 Å². The van der Waals surface area contributed by atoms with Gasteiger partial charge in [-0.15, -0.1) is 0 Å². The van der Waals surface area contributed by atoms with Gasteiger partial charge in [0.2, 0.25) is 0 Å². The van der Waals surface area contributed by atoms with E-state index in [-0.39, 0.29) is 12.3 Å². The zero-order valence-corrected chi connectivity index (χ0v) is 13.6. The van der Waals surface area contributed by atoms with Crippen molar-refractivity contribution in [1.82, 2.24) is 5.32 Å². The molecule has 1 aromatic rings. The Hall–Kier alpha value is -1.56. The SMILES string of the molecule is CCC(CCNC(=O)c1ccc(Br)cc1N)CCC(=O)O. The largest absolute Gasteiger partial charge is 0.481 e. The zero-order valence-electron chi connectivity index (χ0n) is 12.1. The van der Waals surface area contributed by atoms with Crippen molar-refractivity contribution in [2.24, 2.45) is 5.92 Å². The van der Waals surface area contributed by atoms with E-state index in [0.29, 0.717) is 30.1 Å². The molecule has 0 aromatic heterocycles. The van der Waals surface area contributed by atoms with Crippen LogP contribution in [0.15, 0.2) is 22.7 Å². The summed E-state index contributed by atoms with van der Waals surface area (Å²) >= 11 is 3.30. The van der Waals surface area contributed by atoms with Crippen LogP contribution in [0.4, 0.5) is 5.69 Å². The number of nitrogen functional groups attached to an aromatic ring is 1. The van der Waals surface area contributed by atoms with Crippen LogP contribution >= 0.6 is 15.9 Å². The van der Waals surface area contributed by atoms with Crippen molar-refractivity contribution in [3.05, 3.63) is 28.2 Å². The van der Waals surface area contributed by atoms with Crippen molar-refractivity contribution in [3.8, 4) is 0 Å². The number of carbonyl (C=O) groups excluding carboxylic acids is 1. The van der Waals surface area contributed by atoms with Gasteiger partial charge >= 0.3 is 5.97 Å². The van der Waals surface area contributed by atoms with E-state index in [4.69, 9.17) is 10.8 Å². The molecule has 0 aliphatic heterocycles. The van der Waals surface area contributed by atoms with Crippen molar-refractivity contribution < 1.29 is 14.7 Å². The number of nitrogens with two attached hydrogens (primary N) is 1. The highest BCUT2D eigenvalue weighted by Crippen LogP contribution is 2.19. The van der Waals surface area contributed by atoms with Gasteiger partial charge in [-0.3, -0.25) is 9.59 Å². The van der Waals surface area contributed by atoms with Crippen molar-refractivity contribution in [2.75, 3.05) is 12.3 Å². The molecule has 6 heteroatoms. The summed E-state index contributed by atoms with van der Waals surface area (Å²) in [6.45, 7) is 2.55. The van der Waals surface area contributed by atoms with E-state index in [1.54, 1.807) is 18.2 Å². The van der Waals surface area contributed by atoms with Gasteiger partial charge in [0, 0.05) is 23.1 Å². The van der Waals surface area contributed by atoms with Gasteiger partial charge in [-0.05, 0) is 37.0 Å². The van der Waals surface area contributed by atoms with Crippen LogP contribution in [-0.4, -0.2) is 23.5 Å². The summed E-state index contributed by atoms with van der Waals surface area (Å²) in [6.07, 6.45) is 2.49. The van der Waals surface area contributed by atoms with E-state index < -0.39 is 5.97 Å². The number of hydrogen-bond donors (Lipinski definition) is 3. The Balaban J connectivity index is 2.43. The first-order valence-electron chi connectivity index (χ1n) is 6.99. The second kappa shape index (κ2) is 8.67. The molecule has 1 atom stereocenters. The minimum Gasteiger partial charge on any atom is -0.481 e. The Kier molecular flexibility index (Phi) is 7.22. The smallest absolute Gasteiger partial charge is 0.303 e. The van der Waals surface area contributed by atoms with E-state index in [9.17, 15) is 9.59 Å². The monoisotopic (exact) mass is 356 g/mol. The number of nitrogens with one attached hydrogen (secondary N) is 1. The Bertz CT molecular complexity index is 506. The van der Waals surface area contributed by atoms with Gasteiger partial charge in [0.25, 0.3) is 5.91 Å². The molecule has 1 rings (SSSR count). The van der Waals surface area contributed by atoms with Crippen LogP contribution in [-0.2, 0) is 4.79 Å². The topological polar surface area (TPSA) is 92.4 Å². The highest BCUT2D eigenvalue weighted by Gasteiger charge is 2.12. The summed E-state index contributed by atoms with van der Waals surface area (Å²) in [7, 11) is 0. The van der Waals surface area contributed by atoms with Crippen LogP contribution in [0.25, 0.3) is 0 Å². The standard InChI is InChI=1S/C15H21BrN2O3/c1-2-10(3-6-14(19)20)7-8-18-15(21)12-5-4-11(16)9-13(12)17/h4-5,9-10H,2-3,6-8,17H2,1H3,(H,18,21)(H,19,20). The van der Waals surface area contributed by atoms with Crippen molar-refractivity contribution in [3.63, 3.8) is 0 Å². The molecule has 0 radical (unpaired) electrons. The van der Waals surface area contributed by atoms with Gasteiger partial charge < -0.3 is 16.2 Å². The number of hydrogen-bond acceptors (Lipinski definition) is 3. The highest BCUT2D eigenvalue weighted by molar-refractivity contribution is 9.10. The molecule has 0 aliphatic rings. The van der Waals surface area contributed by atoms with Gasteiger partial charge in [0.05, 0.1) is 5.56 Å². The molecular weight excluding hydrogens is 336 g/mol. The number of anilines is 1. The molecule has 0 saturated heterocycles. The van der Waals surface area contributed by atoms with Gasteiger partial charge in [-0.25, -0.2) is 0 Å². The Labute approximate surface area is 133 Å². The average molecular weight is 357 g/mol. The van der Waals surface area contributed by atoms with E-state index in [2.05, 4.69) is 21.2 Å². The minimum atomic E-state index is -0.778. The molecule has 4 N–H and O–H groups in total. The quantitative estimate of drug-likeness (QED) is 0.624. The first kappa shape index (κ1) is 17.5. The molecule has 0 spiro atoms. The second-order valence-electron chi connectivity index (χ2n) is 4.98. The lowest BCUT2D eigenvalue weighted by Gasteiger charge is -2.14. The molecule has 0 heterocycles. The maximum absolute atomic E-state index is 12.0. The normalized spacial score (nSPS) is 11.9. The number of amides is 1. The molecule has 1 aromatic carbocycles.